The number of hydrogen-bond acceptors (Lipinski definition) is 5. The molecule has 3 rings (SSSR count). The monoisotopic (exact) mass is 415 g/mol. The van der Waals surface area contributed by atoms with Crippen LogP contribution >= 0.6 is 15.9 Å². The smallest absolute Gasteiger partial charge is 0.335 e. The van der Waals surface area contributed by atoms with E-state index in [1.54, 1.807) is 48.5 Å². The van der Waals surface area contributed by atoms with Crippen LogP contribution in [0.5, 0.6) is 5.75 Å². The van der Waals surface area contributed by atoms with Crippen molar-refractivity contribution in [3.05, 3.63) is 53.0 Å². The fourth-order valence-electron chi connectivity index (χ4n) is 2.41. The average Bonchev–Trinajstić information content (AvgIpc) is 2.63. The summed E-state index contributed by atoms with van der Waals surface area (Å²) in [7, 11) is 1.53. The summed E-state index contributed by atoms with van der Waals surface area (Å²) in [6.07, 6.45) is 1.23. The molecule has 2 aromatic rings. The molecule has 0 bridgehead atoms. The summed E-state index contributed by atoms with van der Waals surface area (Å²) >= 11 is 3.29. The van der Waals surface area contributed by atoms with Gasteiger partial charge in [0.25, 0.3) is 5.91 Å². The predicted molar refractivity (Wildman–Crippen MR) is 99.8 cm³/mol. The molecular weight excluding hydrogens is 402 g/mol. The SMILES string of the molecule is COc1cccc(N=C[C@@H]2C(=O)NC(=O)N(c3ccc(Br)cc3)C2=O)c1. The molecule has 0 unspecified atom stereocenters. The number of nitrogens with zero attached hydrogens (tertiary/aromatic N) is 2. The van der Waals surface area contributed by atoms with Gasteiger partial charge in [-0.3, -0.25) is 19.9 Å². The van der Waals surface area contributed by atoms with Crippen LogP contribution < -0.4 is 15.0 Å². The summed E-state index contributed by atoms with van der Waals surface area (Å²) in [5.74, 6) is -1.97. The first-order valence-corrected chi connectivity index (χ1v) is 8.41. The largest absolute Gasteiger partial charge is 0.497 e. The second kappa shape index (κ2) is 7.49. The highest BCUT2D eigenvalue weighted by atomic mass is 79.9. The van der Waals surface area contributed by atoms with Gasteiger partial charge in [0.05, 0.1) is 18.5 Å². The lowest BCUT2D eigenvalue weighted by Crippen LogP contribution is -2.58. The molecule has 0 saturated carbocycles. The van der Waals surface area contributed by atoms with Gasteiger partial charge >= 0.3 is 6.03 Å². The molecule has 2 aromatic carbocycles. The number of hydrogen-bond donors (Lipinski definition) is 1. The van der Waals surface area contributed by atoms with E-state index in [2.05, 4.69) is 26.2 Å². The number of halogens is 1. The van der Waals surface area contributed by atoms with Crippen LogP contribution in [-0.2, 0) is 9.59 Å². The number of amides is 4. The fourth-order valence-corrected chi connectivity index (χ4v) is 2.67. The fraction of sp³-hybridized carbons (Fsp3) is 0.111. The second-order valence-corrected chi connectivity index (χ2v) is 6.32. The molecule has 0 aromatic heterocycles. The third kappa shape index (κ3) is 3.65. The normalized spacial score (nSPS) is 17.5. The van der Waals surface area contributed by atoms with Crippen molar-refractivity contribution in [3.63, 3.8) is 0 Å². The van der Waals surface area contributed by atoms with Gasteiger partial charge < -0.3 is 4.74 Å². The molecule has 1 aliphatic rings. The number of ether oxygens (including phenoxy) is 1. The maximum absolute atomic E-state index is 12.7. The Balaban J connectivity index is 1.87. The Bertz CT molecular complexity index is 896. The number of benzene rings is 2. The number of carbonyl (C=O) groups excluding carboxylic acids is 3. The number of urea groups is 1. The Morgan fingerprint density at radius 2 is 1.88 bits per heavy atom. The molecule has 0 aliphatic carbocycles. The van der Waals surface area contributed by atoms with Crippen molar-refractivity contribution in [2.24, 2.45) is 10.9 Å². The Morgan fingerprint density at radius 1 is 1.15 bits per heavy atom. The molecule has 132 valence electrons. The van der Waals surface area contributed by atoms with E-state index in [0.29, 0.717) is 17.1 Å². The van der Waals surface area contributed by atoms with Gasteiger partial charge in [0.2, 0.25) is 5.91 Å². The maximum atomic E-state index is 12.7. The molecule has 8 heteroatoms. The molecule has 1 heterocycles. The molecule has 1 saturated heterocycles. The number of imide groups is 2. The molecule has 1 fully saturated rings. The van der Waals surface area contributed by atoms with E-state index in [1.807, 2.05) is 0 Å². The van der Waals surface area contributed by atoms with Gasteiger partial charge in [-0.2, -0.15) is 0 Å². The number of carbonyl (C=O) groups is 3. The Kier molecular flexibility index (Phi) is 5.13. The van der Waals surface area contributed by atoms with E-state index < -0.39 is 23.8 Å². The third-order valence-electron chi connectivity index (χ3n) is 3.71. The lowest BCUT2D eigenvalue weighted by Gasteiger charge is -2.28. The summed E-state index contributed by atoms with van der Waals surface area (Å²) in [5, 5.41) is 2.18. The Morgan fingerprint density at radius 3 is 2.58 bits per heavy atom. The Labute approximate surface area is 157 Å². The number of barbiturate groups is 1. The van der Waals surface area contributed by atoms with Gasteiger partial charge in [-0.1, -0.05) is 22.0 Å². The van der Waals surface area contributed by atoms with Crippen molar-refractivity contribution < 1.29 is 19.1 Å². The minimum atomic E-state index is -1.21. The van der Waals surface area contributed by atoms with Gasteiger partial charge in [0, 0.05) is 16.8 Å². The van der Waals surface area contributed by atoms with Gasteiger partial charge in [-0.15, -0.1) is 0 Å². The zero-order valence-corrected chi connectivity index (χ0v) is 15.3. The van der Waals surface area contributed by atoms with Crippen molar-refractivity contribution >= 4 is 51.4 Å². The van der Waals surface area contributed by atoms with Crippen molar-refractivity contribution in [2.75, 3.05) is 12.0 Å². The maximum Gasteiger partial charge on any atom is 0.335 e. The number of aliphatic imine (C=N–C) groups is 1. The molecule has 26 heavy (non-hydrogen) atoms. The lowest BCUT2D eigenvalue weighted by atomic mass is 10.1. The first kappa shape index (κ1) is 17.8. The quantitative estimate of drug-likeness (QED) is 0.613. The highest BCUT2D eigenvalue weighted by molar-refractivity contribution is 9.10. The molecular formula is C18H14BrN3O4. The minimum absolute atomic E-state index is 0.364. The van der Waals surface area contributed by atoms with Crippen LogP contribution in [0.25, 0.3) is 0 Å². The van der Waals surface area contributed by atoms with E-state index in [0.717, 1.165) is 9.37 Å². The van der Waals surface area contributed by atoms with Gasteiger partial charge in [0.1, 0.15) is 5.75 Å². The predicted octanol–water partition coefficient (Wildman–Crippen LogP) is 3.06. The van der Waals surface area contributed by atoms with Crippen LogP contribution in [0, 0.1) is 5.92 Å². The Hall–Kier alpha value is -3.00. The van der Waals surface area contributed by atoms with E-state index in [-0.39, 0.29) is 0 Å². The number of rotatable bonds is 4. The molecule has 1 N–H and O–H groups in total. The lowest BCUT2D eigenvalue weighted by molar-refractivity contribution is -0.131. The molecule has 0 spiro atoms. The van der Waals surface area contributed by atoms with E-state index >= 15 is 0 Å². The molecule has 1 aliphatic heterocycles. The van der Waals surface area contributed by atoms with Crippen LogP contribution in [0.15, 0.2) is 58.0 Å². The number of methoxy groups -OCH3 is 1. The van der Waals surface area contributed by atoms with Crippen LogP contribution in [0.3, 0.4) is 0 Å². The summed E-state index contributed by atoms with van der Waals surface area (Å²) in [4.78, 5) is 42.0. The molecule has 7 nitrogen and oxygen atoms in total. The van der Waals surface area contributed by atoms with Crippen molar-refractivity contribution in [1.82, 2.24) is 5.32 Å². The first-order valence-electron chi connectivity index (χ1n) is 7.62. The van der Waals surface area contributed by atoms with Gasteiger partial charge in [-0.25, -0.2) is 9.69 Å². The first-order chi connectivity index (χ1) is 12.5. The highest BCUT2D eigenvalue weighted by Crippen LogP contribution is 2.23. The third-order valence-corrected chi connectivity index (χ3v) is 4.24. The highest BCUT2D eigenvalue weighted by Gasteiger charge is 2.40. The van der Waals surface area contributed by atoms with Crippen molar-refractivity contribution in [3.8, 4) is 5.75 Å². The summed E-state index contributed by atoms with van der Waals surface area (Å²) in [6.45, 7) is 0. The van der Waals surface area contributed by atoms with Crippen LogP contribution in [0.1, 0.15) is 0 Å². The van der Waals surface area contributed by atoms with Crippen molar-refractivity contribution in [1.29, 1.82) is 0 Å². The van der Waals surface area contributed by atoms with Crippen LogP contribution in [-0.4, -0.2) is 31.2 Å². The molecule has 4 amide bonds. The van der Waals surface area contributed by atoms with Crippen molar-refractivity contribution in [2.45, 2.75) is 0 Å². The summed E-state index contributed by atoms with van der Waals surface area (Å²) in [6, 6.07) is 12.7. The average molecular weight is 416 g/mol. The second-order valence-electron chi connectivity index (χ2n) is 5.40. The summed E-state index contributed by atoms with van der Waals surface area (Å²) < 4.78 is 5.91. The molecule has 0 radical (unpaired) electrons. The number of nitrogens with one attached hydrogen (secondary N) is 1. The standard InChI is InChI=1S/C18H14BrN3O4/c1-26-14-4-2-3-12(9-14)20-10-15-16(23)21-18(25)22(17(15)24)13-7-5-11(19)6-8-13/h2-10,15H,1H3,(H,21,23,25)/t15-/m1/s1. The molecule has 1 atom stereocenters. The van der Waals surface area contributed by atoms with Crippen LogP contribution in [0.4, 0.5) is 16.2 Å². The van der Waals surface area contributed by atoms with E-state index in [4.69, 9.17) is 4.74 Å². The van der Waals surface area contributed by atoms with E-state index in [9.17, 15) is 14.4 Å². The zero-order chi connectivity index (χ0) is 18.7. The summed E-state index contributed by atoms with van der Waals surface area (Å²) in [5.41, 5.74) is 0.889. The van der Waals surface area contributed by atoms with Crippen LogP contribution in [0.2, 0.25) is 0 Å². The van der Waals surface area contributed by atoms with Gasteiger partial charge in [-0.05, 0) is 36.4 Å². The zero-order valence-electron chi connectivity index (χ0n) is 13.7. The van der Waals surface area contributed by atoms with Gasteiger partial charge in [0.15, 0.2) is 5.92 Å². The minimum Gasteiger partial charge on any atom is -0.497 e. The van der Waals surface area contributed by atoms with E-state index in [1.165, 1.54) is 13.3 Å². The number of anilines is 1. The topological polar surface area (TPSA) is 88.1 Å².